The van der Waals surface area contributed by atoms with Crippen LogP contribution in [-0.2, 0) is 7.05 Å². The molecule has 2 N–H and O–H groups in total. The maximum absolute atomic E-state index is 6.06. The standard InChI is InChI=1S/C4H6N3.3C4H9.Sn/c1-7-4(5)2-3-6-7;3*1-3-4-2;/h2H,5H2,1H3;3*1,3-4H2,2H3;. The quantitative estimate of drug-likeness (QED) is 0.617. The van der Waals surface area contributed by atoms with Crippen molar-refractivity contribution in [1.29, 1.82) is 0 Å². The van der Waals surface area contributed by atoms with Crippen molar-refractivity contribution in [2.75, 3.05) is 5.73 Å². The molecule has 1 aromatic heterocycles. The van der Waals surface area contributed by atoms with Crippen LogP contribution >= 0.6 is 0 Å². The molecule has 0 aliphatic rings. The van der Waals surface area contributed by atoms with Crippen LogP contribution in [-0.4, -0.2) is 28.2 Å². The molecule has 0 aromatic carbocycles. The first-order valence-electron chi connectivity index (χ1n) is 8.39. The Bertz CT molecular complexity index is 346. The van der Waals surface area contributed by atoms with Crippen LogP contribution in [0.3, 0.4) is 0 Å². The van der Waals surface area contributed by atoms with Crippen molar-refractivity contribution in [3.05, 3.63) is 6.07 Å². The van der Waals surface area contributed by atoms with Crippen molar-refractivity contribution in [2.24, 2.45) is 7.05 Å². The van der Waals surface area contributed by atoms with E-state index >= 15 is 0 Å². The average Bonchev–Trinajstić information content (AvgIpc) is 2.79. The first-order chi connectivity index (χ1) is 9.59. The molecular formula is C16H33N3Sn. The van der Waals surface area contributed by atoms with Gasteiger partial charge in [0.1, 0.15) is 0 Å². The van der Waals surface area contributed by atoms with E-state index in [9.17, 15) is 0 Å². The fourth-order valence-corrected chi connectivity index (χ4v) is 18.5. The first kappa shape index (κ1) is 17.9. The molecule has 1 heterocycles. The monoisotopic (exact) mass is 387 g/mol. The number of unbranched alkanes of at least 4 members (excludes halogenated alkanes) is 3. The molecule has 0 spiro atoms. The second-order valence-electron chi connectivity index (χ2n) is 6.17. The summed E-state index contributed by atoms with van der Waals surface area (Å²) >= 11 is -2.33. The van der Waals surface area contributed by atoms with Crippen molar-refractivity contribution in [2.45, 2.75) is 72.6 Å². The fourth-order valence-electron chi connectivity index (χ4n) is 3.05. The van der Waals surface area contributed by atoms with Crippen LogP contribution in [0.1, 0.15) is 59.3 Å². The van der Waals surface area contributed by atoms with E-state index in [1.165, 1.54) is 55.5 Å². The van der Waals surface area contributed by atoms with Gasteiger partial charge in [-0.25, -0.2) is 0 Å². The van der Waals surface area contributed by atoms with Crippen LogP contribution in [0, 0.1) is 0 Å². The summed E-state index contributed by atoms with van der Waals surface area (Å²) in [5.74, 6) is 0.838. The van der Waals surface area contributed by atoms with Crippen molar-refractivity contribution < 1.29 is 0 Å². The van der Waals surface area contributed by atoms with E-state index in [1.54, 1.807) is 0 Å². The molecule has 0 amide bonds. The van der Waals surface area contributed by atoms with E-state index in [0.29, 0.717) is 0 Å². The second-order valence-corrected chi connectivity index (χ2v) is 19.2. The molecule has 0 saturated heterocycles. The summed E-state index contributed by atoms with van der Waals surface area (Å²) in [6, 6.07) is 2.21. The average molecular weight is 386 g/mol. The minimum absolute atomic E-state index is 0.838. The Labute approximate surface area is 129 Å². The van der Waals surface area contributed by atoms with Gasteiger partial charge in [-0.05, 0) is 0 Å². The second kappa shape index (κ2) is 8.96. The Morgan fingerprint density at radius 1 is 1.00 bits per heavy atom. The van der Waals surface area contributed by atoms with Gasteiger partial charge in [0.2, 0.25) is 0 Å². The predicted octanol–water partition coefficient (Wildman–Crippen LogP) is 4.06. The number of rotatable bonds is 10. The van der Waals surface area contributed by atoms with Crippen LogP contribution in [0.25, 0.3) is 0 Å². The Kier molecular flexibility index (Phi) is 8.00. The molecule has 4 heteroatoms. The van der Waals surface area contributed by atoms with Crippen molar-refractivity contribution in [3.8, 4) is 0 Å². The zero-order valence-corrected chi connectivity index (χ0v) is 16.8. The summed E-state index contributed by atoms with van der Waals surface area (Å²) in [4.78, 5) is 0. The predicted molar refractivity (Wildman–Crippen MR) is 92.2 cm³/mol. The van der Waals surface area contributed by atoms with Gasteiger partial charge in [0.25, 0.3) is 0 Å². The summed E-state index contributed by atoms with van der Waals surface area (Å²) in [7, 11) is 1.98. The number of aromatic nitrogens is 2. The number of nitrogen functional groups attached to an aromatic ring is 1. The van der Waals surface area contributed by atoms with Gasteiger partial charge >= 0.3 is 129 Å². The van der Waals surface area contributed by atoms with Gasteiger partial charge in [0.15, 0.2) is 0 Å². The van der Waals surface area contributed by atoms with Gasteiger partial charge in [0.05, 0.1) is 0 Å². The molecule has 0 fully saturated rings. The molecule has 3 nitrogen and oxygen atoms in total. The molecule has 1 rings (SSSR count). The summed E-state index contributed by atoms with van der Waals surface area (Å²) in [6.07, 6.45) is 8.04. The number of hydrogen-bond acceptors (Lipinski definition) is 2. The molecule has 0 aliphatic heterocycles. The molecule has 0 atom stereocenters. The van der Waals surface area contributed by atoms with Crippen molar-refractivity contribution in [3.63, 3.8) is 0 Å². The molecule has 0 unspecified atom stereocenters. The summed E-state index contributed by atoms with van der Waals surface area (Å²) < 4.78 is 7.70. The Hall–Kier alpha value is -0.191. The van der Waals surface area contributed by atoms with Gasteiger partial charge in [-0.2, -0.15) is 0 Å². The molecule has 1 aromatic rings. The van der Waals surface area contributed by atoms with Gasteiger partial charge < -0.3 is 0 Å². The Morgan fingerprint density at radius 3 is 1.75 bits per heavy atom. The van der Waals surface area contributed by atoms with Gasteiger partial charge in [-0.1, -0.05) is 0 Å². The summed E-state index contributed by atoms with van der Waals surface area (Å²) in [5, 5.41) is 4.83. The molecule has 0 saturated carbocycles. The van der Waals surface area contributed by atoms with E-state index < -0.39 is 18.4 Å². The first-order valence-corrected chi connectivity index (χ1v) is 15.9. The summed E-state index contributed by atoms with van der Waals surface area (Å²) in [6.45, 7) is 6.93. The molecule has 0 radical (unpaired) electrons. The van der Waals surface area contributed by atoms with Gasteiger partial charge in [0, 0.05) is 0 Å². The molecule has 0 aliphatic carbocycles. The summed E-state index contributed by atoms with van der Waals surface area (Å²) in [5.41, 5.74) is 6.06. The van der Waals surface area contributed by atoms with Crippen molar-refractivity contribution >= 4 is 27.9 Å². The number of nitrogens with two attached hydrogens (primary N) is 1. The van der Waals surface area contributed by atoms with E-state index in [-0.39, 0.29) is 0 Å². The topological polar surface area (TPSA) is 43.8 Å². The fraction of sp³-hybridized carbons (Fsp3) is 0.812. The van der Waals surface area contributed by atoms with Crippen molar-refractivity contribution in [1.82, 2.24) is 9.78 Å². The van der Waals surface area contributed by atoms with Crippen LogP contribution in [0.2, 0.25) is 13.3 Å². The van der Waals surface area contributed by atoms with Crippen LogP contribution < -0.4 is 9.44 Å². The van der Waals surface area contributed by atoms with E-state index in [4.69, 9.17) is 10.8 Å². The van der Waals surface area contributed by atoms with E-state index in [0.717, 1.165) is 5.82 Å². The van der Waals surface area contributed by atoms with Gasteiger partial charge in [-0.3, -0.25) is 0 Å². The third-order valence-electron chi connectivity index (χ3n) is 4.49. The van der Waals surface area contributed by atoms with E-state index in [2.05, 4.69) is 26.8 Å². The molecule has 20 heavy (non-hydrogen) atoms. The number of anilines is 1. The van der Waals surface area contributed by atoms with Crippen LogP contribution in [0.5, 0.6) is 0 Å². The van der Waals surface area contributed by atoms with Crippen LogP contribution in [0.15, 0.2) is 6.07 Å². The minimum atomic E-state index is -2.33. The Balaban J connectivity index is 3.04. The zero-order chi connectivity index (χ0) is 15.0. The number of nitrogens with zero attached hydrogens (tertiary/aromatic N) is 2. The number of aryl methyl sites for hydroxylation is 1. The van der Waals surface area contributed by atoms with E-state index in [1.807, 2.05) is 11.7 Å². The maximum atomic E-state index is 6.06. The van der Waals surface area contributed by atoms with Crippen LogP contribution in [0.4, 0.5) is 5.82 Å². The normalized spacial score (nSPS) is 12.0. The zero-order valence-electron chi connectivity index (χ0n) is 13.9. The third-order valence-corrected chi connectivity index (χ3v) is 19.5. The SMILES string of the molecule is CCC[CH2][Sn]([CH2]CCC)([CH2]CCC)[c]1cc(N)n(C)n1. The molecule has 0 bridgehead atoms. The molecular weight excluding hydrogens is 353 g/mol. The Morgan fingerprint density at radius 2 is 1.45 bits per heavy atom. The molecule has 116 valence electrons. The van der Waals surface area contributed by atoms with Gasteiger partial charge in [-0.15, -0.1) is 0 Å². The third kappa shape index (κ3) is 4.67. The number of hydrogen-bond donors (Lipinski definition) is 1.